The summed E-state index contributed by atoms with van der Waals surface area (Å²) in [6, 6.07) is 9.12. The third-order valence-corrected chi connectivity index (χ3v) is 3.75. The highest BCUT2D eigenvalue weighted by Crippen LogP contribution is 2.20. The lowest BCUT2D eigenvalue weighted by Crippen LogP contribution is -2.38. The number of hydrogen-bond donors (Lipinski definition) is 2. The van der Waals surface area contributed by atoms with Gasteiger partial charge >= 0.3 is 0 Å². The normalized spacial score (nSPS) is 13.4. The van der Waals surface area contributed by atoms with Gasteiger partial charge in [0.1, 0.15) is 11.4 Å². The topological polar surface area (TPSA) is 49.3 Å². The van der Waals surface area contributed by atoms with Gasteiger partial charge in [0.15, 0.2) is 11.6 Å². The lowest BCUT2D eigenvalue weighted by Gasteiger charge is -2.24. The first-order valence-corrected chi connectivity index (χ1v) is 7.47. The van der Waals surface area contributed by atoms with Crippen molar-refractivity contribution in [2.45, 2.75) is 25.4 Å². The first-order valence-electron chi connectivity index (χ1n) is 7.47. The van der Waals surface area contributed by atoms with Crippen molar-refractivity contribution in [3.63, 3.8) is 0 Å². The van der Waals surface area contributed by atoms with Gasteiger partial charge in [0.05, 0.1) is 6.54 Å². The number of carbonyl (C=O) groups excluding carboxylic acids is 1. The Labute approximate surface area is 138 Å². The maximum absolute atomic E-state index is 13.5. The van der Waals surface area contributed by atoms with Crippen LogP contribution in [0.2, 0.25) is 0 Å². The van der Waals surface area contributed by atoms with Crippen molar-refractivity contribution in [3.05, 3.63) is 71.0 Å². The Morgan fingerprint density at radius 2 is 1.79 bits per heavy atom. The largest absolute Gasteiger partial charge is 0.384 e. The fourth-order valence-corrected chi connectivity index (χ4v) is 2.26. The Balaban J connectivity index is 1.88. The van der Waals surface area contributed by atoms with E-state index in [-0.39, 0.29) is 24.9 Å². The number of benzene rings is 2. The summed E-state index contributed by atoms with van der Waals surface area (Å²) in [5.74, 6) is -2.73. The van der Waals surface area contributed by atoms with Gasteiger partial charge in [-0.2, -0.15) is 0 Å². The standard InChI is InChI=1S/C18H18F3NO2/c1-18(24,13-6-8-14(19)9-7-13)11-22-16(23)10-5-12-3-2-4-15(20)17(12)21/h2-4,6-9,24H,5,10-11H2,1H3,(H,22,23). The summed E-state index contributed by atoms with van der Waals surface area (Å²) < 4.78 is 39.5. The molecule has 1 unspecified atom stereocenters. The molecule has 6 heteroatoms. The number of halogens is 3. The van der Waals surface area contributed by atoms with Crippen molar-refractivity contribution < 1.29 is 23.1 Å². The molecule has 1 amide bonds. The van der Waals surface area contributed by atoms with E-state index in [2.05, 4.69) is 5.32 Å². The predicted molar refractivity (Wildman–Crippen MR) is 83.7 cm³/mol. The molecular formula is C18H18F3NO2. The molecule has 0 aliphatic rings. The van der Waals surface area contributed by atoms with E-state index in [1.54, 1.807) is 0 Å². The van der Waals surface area contributed by atoms with Crippen LogP contribution in [0.15, 0.2) is 42.5 Å². The molecule has 2 aromatic rings. The predicted octanol–water partition coefficient (Wildman–Crippen LogP) is 3.06. The van der Waals surface area contributed by atoms with Crippen molar-refractivity contribution in [2.24, 2.45) is 0 Å². The molecule has 1 atom stereocenters. The number of aliphatic hydroxyl groups is 1. The SMILES string of the molecule is CC(O)(CNC(=O)CCc1cccc(F)c1F)c1ccc(F)cc1. The van der Waals surface area contributed by atoms with Crippen LogP contribution < -0.4 is 5.32 Å². The Morgan fingerprint density at radius 1 is 1.12 bits per heavy atom. The summed E-state index contributed by atoms with van der Waals surface area (Å²) >= 11 is 0. The third kappa shape index (κ3) is 4.58. The van der Waals surface area contributed by atoms with Gasteiger partial charge in [0.25, 0.3) is 0 Å². The second kappa shape index (κ2) is 7.49. The minimum atomic E-state index is -1.37. The van der Waals surface area contributed by atoms with E-state index >= 15 is 0 Å². The second-order valence-corrected chi connectivity index (χ2v) is 5.77. The number of hydrogen-bond acceptors (Lipinski definition) is 2. The highest BCUT2D eigenvalue weighted by Gasteiger charge is 2.23. The van der Waals surface area contributed by atoms with Crippen LogP contribution in [0.3, 0.4) is 0 Å². The molecule has 0 spiro atoms. The fraction of sp³-hybridized carbons (Fsp3) is 0.278. The molecule has 2 rings (SSSR count). The minimum Gasteiger partial charge on any atom is -0.384 e. The van der Waals surface area contributed by atoms with E-state index in [9.17, 15) is 23.1 Å². The van der Waals surface area contributed by atoms with Crippen LogP contribution in [0.1, 0.15) is 24.5 Å². The van der Waals surface area contributed by atoms with E-state index in [0.29, 0.717) is 5.56 Å². The number of rotatable bonds is 6. The molecule has 2 N–H and O–H groups in total. The molecule has 128 valence electrons. The summed E-state index contributed by atoms with van der Waals surface area (Å²) in [6.45, 7) is 1.41. The van der Waals surface area contributed by atoms with Crippen LogP contribution in [0.25, 0.3) is 0 Å². The monoisotopic (exact) mass is 337 g/mol. The number of nitrogens with one attached hydrogen (secondary N) is 1. The first-order chi connectivity index (χ1) is 11.3. The second-order valence-electron chi connectivity index (χ2n) is 5.77. The Hall–Kier alpha value is -2.34. The Bertz CT molecular complexity index is 715. The van der Waals surface area contributed by atoms with Crippen LogP contribution >= 0.6 is 0 Å². The zero-order chi connectivity index (χ0) is 17.7. The van der Waals surface area contributed by atoms with Crippen molar-refractivity contribution in [1.82, 2.24) is 5.32 Å². The maximum Gasteiger partial charge on any atom is 0.220 e. The number of aryl methyl sites for hydroxylation is 1. The van der Waals surface area contributed by atoms with E-state index < -0.39 is 29.0 Å². The average molecular weight is 337 g/mol. The maximum atomic E-state index is 13.5. The van der Waals surface area contributed by atoms with Crippen molar-refractivity contribution in [3.8, 4) is 0 Å². The summed E-state index contributed by atoms with van der Waals surface area (Å²) in [5.41, 5.74) is -0.788. The molecular weight excluding hydrogens is 319 g/mol. The number of amides is 1. The highest BCUT2D eigenvalue weighted by molar-refractivity contribution is 5.76. The molecule has 0 aliphatic carbocycles. The van der Waals surface area contributed by atoms with Gasteiger partial charge in [-0.05, 0) is 42.7 Å². The fourth-order valence-electron chi connectivity index (χ4n) is 2.26. The Morgan fingerprint density at radius 3 is 2.46 bits per heavy atom. The molecule has 3 nitrogen and oxygen atoms in total. The average Bonchev–Trinajstić information content (AvgIpc) is 2.55. The first kappa shape index (κ1) is 18.0. The molecule has 2 aromatic carbocycles. The summed E-state index contributed by atoms with van der Waals surface area (Å²) in [5, 5.41) is 12.9. The van der Waals surface area contributed by atoms with Gasteiger partial charge in [-0.1, -0.05) is 24.3 Å². The van der Waals surface area contributed by atoms with Crippen LogP contribution in [0.4, 0.5) is 13.2 Å². The molecule has 0 aliphatic heterocycles. The smallest absolute Gasteiger partial charge is 0.220 e. The molecule has 0 bridgehead atoms. The van der Waals surface area contributed by atoms with Gasteiger partial charge in [0, 0.05) is 6.42 Å². The summed E-state index contributed by atoms with van der Waals surface area (Å²) in [4.78, 5) is 11.8. The lowest BCUT2D eigenvalue weighted by atomic mass is 9.96. The molecule has 0 fully saturated rings. The van der Waals surface area contributed by atoms with Crippen LogP contribution in [0, 0.1) is 17.5 Å². The quantitative estimate of drug-likeness (QED) is 0.851. The lowest BCUT2D eigenvalue weighted by molar-refractivity contribution is -0.122. The Kier molecular flexibility index (Phi) is 5.62. The van der Waals surface area contributed by atoms with E-state index in [1.807, 2.05) is 0 Å². The van der Waals surface area contributed by atoms with Crippen LogP contribution in [0.5, 0.6) is 0 Å². The van der Waals surface area contributed by atoms with Crippen LogP contribution in [-0.2, 0) is 16.8 Å². The van der Waals surface area contributed by atoms with Gasteiger partial charge in [-0.15, -0.1) is 0 Å². The molecule has 0 aromatic heterocycles. The molecule has 0 saturated heterocycles. The van der Waals surface area contributed by atoms with Crippen molar-refractivity contribution in [2.75, 3.05) is 6.54 Å². The van der Waals surface area contributed by atoms with Gasteiger partial charge in [-0.25, -0.2) is 13.2 Å². The van der Waals surface area contributed by atoms with E-state index in [0.717, 1.165) is 6.07 Å². The number of carbonyl (C=O) groups is 1. The zero-order valence-corrected chi connectivity index (χ0v) is 13.2. The van der Waals surface area contributed by atoms with Crippen molar-refractivity contribution >= 4 is 5.91 Å². The van der Waals surface area contributed by atoms with Gasteiger partial charge in [0.2, 0.25) is 5.91 Å². The van der Waals surface area contributed by atoms with E-state index in [1.165, 1.54) is 43.3 Å². The zero-order valence-electron chi connectivity index (χ0n) is 13.2. The van der Waals surface area contributed by atoms with Gasteiger partial charge in [-0.3, -0.25) is 4.79 Å². The summed E-state index contributed by atoms with van der Waals surface area (Å²) in [7, 11) is 0. The van der Waals surface area contributed by atoms with Crippen molar-refractivity contribution in [1.29, 1.82) is 0 Å². The van der Waals surface area contributed by atoms with E-state index in [4.69, 9.17) is 0 Å². The highest BCUT2D eigenvalue weighted by atomic mass is 19.2. The third-order valence-electron chi connectivity index (χ3n) is 3.75. The molecule has 0 radical (unpaired) electrons. The molecule has 0 heterocycles. The molecule has 24 heavy (non-hydrogen) atoms. The minimum absolute atomic E-state index is 0.0418. The molecule has 0 saturated carbocycles. The van der Waals surface area contributed by atoms with Crippen LogP contribution in [-0.4, -0.2) is 17.6 Å². The van der Waals surface area contributed by atoms with Gasteiger partial charge < -0.3 is 10.4 Å². The summed E-state index contributed by atoms with van der Waals surface area (Å²) in [6.07, 6.45) is 0.00793.